The molecule has 0 bridgehead atoms. The zero-order valence-corrected chi connectivity index (χ0v) is 10.5. The van der Waals surface area contributed by atoms with E-state index < -0.39 is 5.41 Å². The van der Waals surface area contributed by atoms with Crippen molar-refractivity contribution >= 4 is 5.91 Å². The molecule has 1 amide bonds. The zero-order chi connectivity index (χ0) is 12.5. The van der Waals surface area contributed by atoms with Crippen LogP contribution in [-0.4, -0.2) is 19.0 Å². The van der Waals surface area contributed by atoms with Crippen molar-refractivity contribution in [3.63, 3.8) is 0 Å². The maximum absolute atomic E-state index is 11.9. The largest absolute Gasteiger partial charge is 0.355 e. The fourth-order valence-corrected chi connectivity index (χ4v) is 2.09. The van der Waals surface area contributed by atoms with Gasteiger partial charge >= 0.3 is 0 Å². The van der Waals surface area contributed by atoms with E-state index in [-0.39, 0.29) is 5.91 Å². The Morgan fingerprint density at radius 2 is 2.18 bits per heavy atom. The summed E-state index contributed by atoms with van der Waals surface area (Å²) >= 11 is 0. The van der Waals surface area contributed by atoms with E-state index in [1.54, 1.807) is 0 Å². The summed E-state index contributed by atoms with van der Waals surface area (Å²) < 4.78 is 0. The summed E-state index contributed by atoms with van der Waals surface area (Å²) in [7, 11) is 0. The number of carbonyl (C=O) groups is 1. The molecule has 1 aromatic carbocycles. The van der Waals surface area contributed by atoms with Gasteiger partial charge in [0.2, 0.25) is 5.91 Å². The molecular formula is C14H20N2O. The van der Waals surface area contributed by atoms with Crippen molar-refractivity contribution in [2.24, 2.45) is 11.1 Å². The smallest absolute Gasteiger partial charge is 0.226 e. The molecule has 0 spiro atoms. The Labute approximate surface area is 102 Å². The molecule has 1 atom stereocenters. The minimum absolute atomic E-state index is 0.0457. The summed E-state index contributed by atoms with van der Waals surface area (Å²) in [5.41, 5.74) is 7.89. The summed E-state index contributed by atoms with van der Waals surface area (Å²) in [4.78, 5) is 11.9. The number of amides is 1. The van der Waals surface area contributed by atoms with Gasteiger partial charge in [0.25, 0.3) is 0 Å². The highest BCUT2D eigenvalue weighted by Gasteiger charge is 2.29. The number of hydrogen-bond donors (Lipinski definition) is 2. The number of nitrogens with two attached hydrogens (primary N) is 1. The third-order valence-electron chi connectivity index (χ3n) is 3.60. The van der Waals surface area contributed by atoms with Crippen LogP contribution in [0.15, 0.2) is 24.3 Å². The first-order valence-corrected chi connectivity index (χ1v) is 6.11. The van der Waals surface area contributed by atoms with Gasteiger partial charge in [0.15, 0.2) is 0 Å². The van der Waals surface area contributed by atoms with Gasteiger partial charge in [-0.05, 0) is 31.4 Å². The topological polar surface area (TPSA) is 55.1 Å². The van der Waals surface area contributed by atoms with Crippen LogP contribution in [0.25, 0.3) is 0 Å². The standard InChI is InChI=1S/C14H20N2O/c1-14(2,9-15)13(17)16-8-11-7-10-5-3-4-6-12(10)11/h3-6,11H,7-9,15H2,1-2H3,(H,16,17). The lowest BCUT2D eigenvalue weighted by molar-refractivity contribution is -0.128. The minimum Gasteiger partial charge on any atom is -0.355 e. The molecule has 0 saturated heterocycles. The van der Waals surface area contributed by atoms with E-state index in [4.69, 9.17) is 5.73 Å². The highest BCUT2D eigenvalue weighted by atomic mass is 16.2. The fourth-order valence-electron chi connectivity index (χ4n) is 2.09. The molecule has 3 N–H and O–H groups in total. The van der Waals surface area contributed by atoms with Gasteiger partial charge < -0.3 is 11.1 Å². The molecular weight excluding hydrogens is 212 g/mol. The Morgan fingerprint density at radius 1 is 1.47 bits per heavy atom. The van der Waals surface area contributed by atoms with Crippen molar-refractivity contribution in [3.8, 4) is 0 Å². The summed E-state index contributed by atoms with van der Waals surface area (Å²) in [5.74, 6) is 0.521. The lowest BCUT2D eigenvalue weighted by Crippen LogP contribution is -2.44. The average Bonchev–Trinajstić information content (AvgIpc) is 2.30. The number of nitrogens with one attached hydrogen (secondary N) is 1. The van der Waals surface area contributed by atoms with E-state index >= 15 is 0 Å². The summed E-state index contributed by atoms with van der Waals surface area (Å²) in [6.07, 6.45) is 1.07. The van der Waals surface area contributed by atoms with Gasteiger partial charge in [0.1, 0.15) is 0 Å². The molecule has 1 aliphatic carbocycles. The first kappa shape index (κ1) is 12.1. The van der Waals surface area contributed by atoms with Crippen LogP contribution in [0.4, 0.5) is 0 Å². The quantitative estimate of drug-likeness (QED) is 0.825. The van der Waals surface area contributed by atoms with E-state index in [0.717, 1.165) is 13.0 Å². The molecule has 3 nitrogen and oxygen atoms in total. The van der Waals surface area contributed by atoms with E-state index in [0.29, 0.717) is 12.5 Å². The molecule has 1 unspecified atom stereocenters. The molecule has 0 heterocycles. The van der Waals surface area contributed by atoms with Gasteiger partial charge in [-0.25, -0.2) is 0 Å². The molecule has 0 aliphatic heterocycles. The molecule has 1 aliphatic rings. The molecule has 2 rings (SSSR count). The Hall–Kier alpha value is -1.35. The Kier molecular flexibility index (Phi) is 3.20. The van der Waals surface area contributed by atoms with Crippen molar-refractivity contribution in [1.82, 2.24) is 5.32 Å². The molecule has 0 radical (unpaired) electrons. The molecule has 1 aromatic rings. The molecule has 92 valence electrons. The molecule has 0 fully saturated rings. The predicted octanol–water partition coefficient (Wildman–Crippen LogP) is 1.43. The molecule has 3 heteroatoms. The maximum atomic E-state index is 11.9. The summed E-state index contributed by atoms with van der Waals surface area (Å²) in [6, 6.07) is 8.41. The lowest BCUT2D eigenvalue weighted by Gasteiger charge is -2.31. The summed E-state index contributed by atoms with van der Waals surface area (Å²) in [6.45, 7) is 4.84. The predicted molar refractivity (Wildman–Crippen MR) is 68.7 cm³/mol. The highest BCUT2D eigenvalue weighted by molar-refractivity contribution is 5.82. The second-order valence-corrected chi connectivity index (χ2v) is 5.40. The fraction of sp³-hybridized carbons (Fsp3) is 0.500. The van der Waals surface area contributed by atoms with Crippen molar-refractivity contribution < 1.29 is 4.79 Å². The van der Waals surface area contributed by atoms with E-state index in [1.165, 1.54) is 11.1 Å². The van der Waals surface area contributed by atoms with Gasteiger partial charge in [-0.1, -0.05) is 24.3 Å². The van der Waals surface area contributed by atoms with Crippen LogP contribution in [0.5, 0.6) is 0 Å². The van der Waals surface area contributed by atoms with E-state index in [1.807, 2.05) is 13.8 Å². The number of rotatable bonds is 4. The van der Waals surface area contributed by atoms with Crippen LogP contribution in [0.2, 0.25) is 0 Å². The molecule has 0 aromatic heterocycles. The van der Waals surface area contributed by atoms with Gasteiger partial charge in [-0.15, -0.1) is 0 Å². The molecule has 0 saturated carbocycles. The van der Waals surface area contributed by atoms with Crippen molar-refractivity contribution in [3.05, 3.63) is 35.4 Å². The van der Waals surface area contributed by atoms with E-state index in [9.17, 15) is 4.79 Å². The molecule has 17 heavy (non-hydrogen) atoms. The maximum Gasteiger partial charge on any atom is 0.226 e. The van der Waals surface area contributed by atoms with Gasteiger partial charge in [0.05, 0.1) is 5.41 Å². The third-order valence-corrected chi connectivity index (χ3v) is 3.60. The van der Waals surface area contributed by atoms with E-state index in [2.05, 4.69) is 29.6 Å². The van der Waals surface area contributed by atoms with Crippen LogP contribution in [0.3, 0.4) is 0 Å². The normalized spacial score (nSPS) is 18.2. The number of hydrogen-bond acceptors (Lipinski definition) is 2. The monoisotopic (exact) mass is 232 g/mol. The Balaban J connectivity index is 1.88. The van der Waals surface area contributed by atoms with Crippen LogP contribution in [0.1, 0.15) is 30.9 Å². The first-order valence-electron chi connectivity index (χ1n) is 6.11. The Morgan fingerprint density at radius 3 is 2.82 bits per heavy atom. The van der Waals surface area contributed by atoms with Gasteiger partial charge in [-0.2, -0.15) is 0 Å². The lowest BCUT2D eigenvalue weighted by atomic mass is 9.77. The number of fused-ring (bicyclic) bond motifs is 1. The van der Waals surface area contributed by atoms with Crippen LogP contribution in [-0.2, 0) is 11.2 Å². The first-order chi connectivity index (χ1) is 8.04. The van der Waals surface area contributed by atoms with Gasteiger partial charge in [0, 0.05) is 19.0 Å². The summed E-state index contributed by atoms with van der Waals surface area (Å²) in [5, 5.41) is 3.00. The van der Waals surface area contributed by atoms with Gasteiger partial charge in [-0.3, -0.25) is 4.79 Å². The second kappa shape index (κ2) is 4.49. The van der Waals surface area contributed by atoms with Crippen LogP contribution < -0.4 is 11.1 Å². The van der Waals surface area contributed by atoms with Crippen LogP contribution >= 0.6 is 0 Å². The Bertz CT molecular complexity index is 426. The van der Waals surface area contributed by atoms with Crippen LogP contribution in [0, 0.1) is 5.41 Å². The van der Waals surface area contributed by atoms with Crippen molar-refractivity contribution in [2.75, 3.05) is 13.1 Å². The highest BCUT2D eigenvalue weighted by Crippen LogP contribution is 2.34. The van der Waals surface area contributed by atoms with Crippen molar-refractivity contribution in [2.45, 2.75) is 26.2 Å². The SMILES string of the molecule is CC(C)(CN)C(=O)NCC1Cc2ccccc21. The number of carbonyl (C=O) groups excluding carboxylic acids is 1. The third kappa shape index (κ3) is 2.34. The second-order valence-electron chi connectivity index (χ2n) is 5.40. The number of benzene rings is 1. The minimum atomic E-state index is -0.469. The van der Waals surface area contributed by atoms with Crippen molar-refractivity contribution in [1.29, 1.82) is 0 Å². The zero-order valence-electron chi connectivity index (χ0n) is 10.5. The average molecular weight is 232 g/mol.